The van der Waals surface area contributed by atoms with E-state index < -0.39 is 6.04 Å². The van der Waals surface area contributed by atoms with E-state index in [1.165, 1.54) is 18.3 Å². The molecule has 2 amide bonds. The van der Waals surface area contributed by atoms with Gasteiger partial charge >= 0.3 is 0 Å². The normalized spacial score (nSPS) is 11.6. The highest BCUT2D eigenvalue weighted by Gasteiger charge is 2.18. The maximum atomic E-state index is 12.2. The van der Waals surface area contributed by atoms with Crippen LogP contribution in [0.3, 0.4) is 0 Å². The second-order valence-electron chi connectivity index (χ2n) is 4.90. The van der Waals surface area contributed by atoms with Crippen LogP contribution in [0.5, 0.6) is 5.75 Å². The summed E-state index contributed by atoms with van der Waals surface area (Å²) in [6, 6.07) is 6.79. The first-order valence-electron chi connectivity index (χ1n) is 6.99. The SMILES string of the molecule is COc1ccc([C@@H](CC(=O)Nc2nnc(C)s2)NC(C)=O)cc1. The standard InChI is InChI=1S/C15H18N4O3S/c1-9(20)16-13(11-4-6-12(22-3)7-5-11)8-14(21)17-15-19-18-10(2)23-15/h4-7,13H,8H2,1-3H3,(H,16,20)(H,17,19,21)/t13-/m1/s1. The van der Waals surface area contributed by atoms with E-state index in [1.807, 2.05) is 19.1 Å². The maximum absolute atomic E-state index is 12.2. The average molecular weight is 334 g/mol. The number of carbonyl (C=O) groups is 2. The number of hydrogen-bond donors (Lipinski definition) is 2. The lowest BCUT2D eigenvalue weighted by molar-refractivity contribution is -0.120. The number of carbonyl (C=O) groups excluding carboxylic acids is 2. The summed E-state index contributed by atoms with van der Waals surface area (Å²) in [5, 5.41) is 14.4. The van der Waals surface area contributed by atoms with Gasteiger partial charge in [0.05, 0.1) is 19.6 Å². The first-order valence-corrected chi connectivity index (χ1v) is 7.80. The molecule has 0 bridgehead atoms. The number of aryl methyl sites for hydroxylation is 1. The molecule has 0 saturated heterocycles. The number of nitrogens with one attached hydrogen (secondary N) is 2. The van der Waals surface area contributed by atoms with E-state index in [2.05, 4.69) is 20.8 Å². The fourth-order valence-electron chi connectivity index (χ4n) is 2.04. The number of anilines is 1. The molecule has 8 heteroatoms. The molecule has 1 aromatic heterocycles. The zero-order valence-electron chi connectivity index (χ0n) is 13.1. The van der Waals surface area contributed by atoms with Crippen LogP contribution in [0.4, 0.5) is 5.13 Å². The van der Waals surface area contributed by atoms with Gasteiger partial charge in [-0.1, -0.05) is 23.5 Å². The number of methoxy groups -OCH3 is 1. The summed E-state index contributed by atoms with van der Waals surface area (Å²) in [5.74, 6) is 0.269. The first kappa shape index (κ1) is 16.9. The third kappa shape index (κ3) is 5.03. The zero-order valence-corrected chi connectivity index (χ0v) is 13.9. The number of ether oxygens (including phenoxy) is 1. The molecule has 2 N–H and O–H groups in total. The summed E-state index contributed by atoms with van der Waals surface area (Å²) in [6.45, 7) is 3.23. The lowest BCUT2D eigenvalue weighted by Crippen LogP contribution is -2.29. The van der Waals surface area contributed by atoms with Gasteiger partial charge in [-0.3, -0.25) is 9.59 Å². The fourth-order valence-corrected chi connectivity index (χ4v) is 2.64. The van der Waals surface area contributed by atoms with Crippen molar-refractivity contribution in [1.29, 1.82) is 0 Å². The minimum atomic E-state index is -0.424. The number of rotatable bonds is 6. The van der Waals surface area contributed by atoms with E-state index in [0.29, 0.717) is 10.9 Å². The van der Waals surface area contributed by atoms with Gasteiger partial charge in [0, 0.05) is 6.92 Å². The van der Waals surface area contributed by atoms with Crippen molar-refractivity contribution in [2.24, 2.45) is 0 Å². The van der Waals surface area contributed by atoms with Gasteiger partial charge in [-0.05, 0) is 24.6 Å². The Bertz CT molecular complexity index is 684. The van der Waals surface area contributed by atoms with Crippen LogP contribution in [0.25, 0.3) is 0 Å². The molecular weight excluding hydrogens is 316 g/mol. The smallest absolute Gasteiger partial charge is 0.228 e. The third-order valence-corrected chi connectivity index (χ3v) is 3.81. The predicted molar refractivity (Wildman–Crippen MR) is 87.4 cm³/mol. The van der Waals surface area contributed by atoms with Gasteiger partial charge in [0.25, 0.3) is 0 Å². The second-order valence-corrected chi connectivity index (χ2v) is 6.09. The van der Waals surface area contributed by atoms with Crippen LogP contribution in [0, 0.1) is 6.92 Å². The summed E-state index contributed by atoms with van der Waals surface area (Å²) < 4.78 is 5.11. The Morgan fingerprint density at radius 1 is 1.26 bits per heavy atom. The van der Waals surface area contributed by atoms with Crippen molar-refractivity contribution in [3.05, 3.63) is 34.8 Å². The van der Waals surface area contributed by atoms with E-state index in [-0.39, 0.29) is 18.2 Å². The van der Waals surface area contributed by atoms with Crippen molar-refractivity contribution >= 4 is 28.3 Å². The van der Waals surface area contributed by atoms with Crippen molar-refractivity contribution in [3.8, 4) is 5.75 Å². The van der Waals surface area contributed by atoms with Gasteiger partial charge in [0.1, 0.15) is 10.8 Å². The molecule has 23 heavy (non-hydrogen) atoms. The molecule has 0 aliphatic heterocycles. The second kappa shape index (κ2) is 7.68. The molecule has 2 rings (SSSR count). The van der Waals surface area contributed by atoms with Gasteiger partial charge in [-0.25, -0.2) is 0 Å². The van der Waals surface area contributed by atoms with E-state index in [9.17, 15) is 9.59 Å². The van der Waals surface area contributed by atoms with E-state index >= 15 is 0 Å². The Balaban J connectivity index is 2.07. The van der Waals surface area contributed by atoms with Crippen LogP contribution in [-0.4, -0.2) is 29.1 Å². The minimum absolute atomic E-state index is 0.102. The molecule has 0 saturated carbocycles. The van der Waals surface area contributed by atoms with Gasteiger partial charge in [0.15, 0.2) is 0 Å². The summed E-state index contributed by atoms with van der Waals surface area (Å²) in [7, 11) is 1.58. The van der Waals surface area contributed by atoms with Crippen LogP contribution in [0.1, 0.15) is 30.0 Å². The highest BCUT2D eigenvalue weighted by atomic mass is 32.1. The van der Waals surface area contributed by atoms with E-state index in [1.54, 1.807) is 19.2 Å². The molecule has 1 heterocycles. The van der Waals surface area contributed by atoms with Crippen LogP contribution in [0.15, 0.2) is 24.3 Å². The summed E-state index contributed by atoms with van der Waals surface area (Å²) in [6.07, 6.45) is 0.102. The van der Waals surface area contributed by atoms with Crippen molar-refractivity contribution < 1.29 is 14.3 Å². The molecule has 0 spiro atoms. The lowest BCUT2D eigenvalue weighted by Gasteiger charge is -2.18. The average Bonchev–Trinajstić information content (AvgIpc) is 2.91. The van der Waals surface area contributed by atoms with Gasteiger partial charge in [0.2, 0.25) is 16.9 Å². The topological polar surface area (TPSA) is 93.2 Å². The van der Waals surface area contributed by atoms with E-state index in [0.717, 1.165) is 10.6 Å². The van der Waals surface area contributed by atoms with E-state index in [4.69, 9.17) is 4.74 Å². The molecule has 0 radical (unpaired) electrons. The molecule has 1 aromatic carbocycles. The number of aromatic nitrogens is 2. The molecule has 0 unspecified atom stereocenters. The van der Waals surface area contributed by atoms with Crippen molar-refractivity contribution in [2.75, 3.05) is 12.4 Å². The predicted octanol–water partition coefficient (Wildman–Crippen LogP) is 2.06. The van der Waals surface area contributed by atoms with Crippen LogP contribution < -0.4 is 15.4 Å². The molecule has 0 aliphatic rings. The zero-order chi connectivity index (χ0) is 16.8. The molecular formula is C15H18N4O3S. The van der Waals surface area contributed by atoms with Crippen molar-refractivity contribution in [1.82, 2.24) is 15.5 Å². The molecule has 0 fully saturated rings. The number of hydrogen-bond acceptors (Lipinski definition) is 6. The van der Waals surface area contributed by atoms with Crippen LogP contribution in [0.2, 0.25) is 0 Å². The van der Waals surface area contributed by atoms with Gasteiger partial charge in [-0.15, -0.1) is 10.2 Å². The molecule has 122 valence electrons. The molecule has 0 aliphatic carbocycles. The Morgan fingerprint density at radius 2 is 1.96 bits per heavy atom. The van der Waals surface area contributed by atoms with Crippen molar-refractivity contribution in [3.63, 3.8) is 0 Å². The Kier molecular flexibility index (Phi) is 5.64. The Morgan fingerprint density at radius 3 is 2.48 bits per heavy atom. The van der Waals surface area contributed by atoms with Crippen LogP contribution in [-0.2, 0) is 9.59 Å². The summed E-state index contributed by atoms with van der Waals surface area (Å²) >= 11 is 1.30. The number of benzene rings is 1. The Labute approximate surface area is 138 Å². The molecule has 2 aromatic rings. The lowest BCUT2D eigenvalue weighted by atomic mass is 10.0. The highest BCUT2D eigenvalue weighted by Crippen LogP contribution is 2.22. The Hall–Kier alpha value is -2.48. The molecule has 7 nitrogen and oxygen atoms in total. The largest absolute Gasteiger partial charge is 0.497 e. The minimum Gasteiger partial charge on any atom is -0.497 e. The molecule has 1 atom stereocenters. The summed E-state index contributed by atoms with van der Waals surface area (Å²) in [4.78, 5) is 23.6. The monoisotopic (exact) mass is 334 g/mol. The van der Waals surface area contributed by atoms with Gasteiger partial charge < -0.3 is 15.4 Å². The number of nitrogens with zero attached hydrogens (tertiary/aromatic N) is 2. The fraction of sp³-hybridized carbons (Fsp3) is 0.333. The van der Waals surface area contributed by atoms with Crippen LogP contribution >= 0.6 is 11.3 Å². The maximum Gasteiger partial charge on any atom is 0.228 e. The first-order chi connectivity index (χ1) is 11.0. The quantitative estimate of drug-likeness (QED) is 0.843. The number of amides is 2. The van der Waals surface area contributed by atoms with Gasteiger partial charge in [-0.2, -0.15) is 0 Å². The third-order valence-electron chi connectivity index (χ3n) is 3.06. The van der Waals surface area contributed by atoms with Crippen molar-refractivity contribution in [2.45, 2.75) is 26.3 Å². The highest BCUT2D eigenvalue weighted by molar-refractivity contribution is 7.15. The summed E-state index contributed by atoms with van der Waals surface area (Å²) in [5.41, 5.74) is 0.824.